The number of methoxy groups -OCH3 is 2. The van der Waals surface area contributed by atoms with Gasteiger partial charge in [-0.3, -0.25) is 9.59 Å². The molecule has 182 valence electrons. The Bertz CT molecular complexity index is 1080. The van der Waals surface area contributed by atoms with Crippen molar-refractivity contribution in [1.29, 1.82) is 0 Å². The third kappa shape index (κ3) is 5.21. The van der Waals surface area contributed by atoms with Crippen molar-refractivity contribution < 1.29 is 28.9 Å². The first-order chi connectivity index (χ1) is 16.3. The number of likely N-dealkylation sites (tertiary alicyclic amines) is 1. The van der Waals surface area contributed by atoms with Gasteiger partial charge < -0.3 is 24.2 Å². The van der Waals surface area contributed by atoms with Crippen molar-refractivity contribution in [2.45, 2.75) is 32.7 Å². The number of carbonyl (C=O) groups is 2. The van der Waals surface area contributed by atoms with Crippen LogP contribution in [0, 0.1) is 6.92 Å². The fourth-order valence-corrected chi connectivity index (χ4v) is 4.34. The lowest BCUT2D eigenvalue weighted by Gasteiger charge is -2.25. The third-order valence-corrected chi connectivity index (χ3v) is 5.97. The van der Waals surface area contributed by atoms with Gasteiger partial charge in [0.2, 0.25) is 0 Å². The van der Waals surface area contributed by atoms with Gasteiger partial charge in [-0.15, -0.1) is 0 Å². The van der Waals surface area contributed by atoms with Gasteiger partial charge in [0.15, 0.2) is 0 Å². The minimum absolute atomic E-state index is 0.0271. The molecule has 1 heterocycles. The predicted molar refractivity (Wildman–Crippen MR) is 130 cm³/mol. The van der Waals surface area contributed by atoms with Gasteiger partial charge in [-0.05, 0) is 48.7 Å². The van der Waals surface area contributed by atoms with Crippen LogP contribution in [0.1, 0.15) is 42.5 Å². The summed E-state index contributed by atoms with van der Waals surface area (Å²) in [5, 5.41) is 11.6. The molecule has 1 atom stereocenters. The minimum Gasteiger partial charge on any atom is -0.507 e. The fourth-order valence-electron chi connectivity index (χ4n) is 3.98. The summed E-state index contributed by atoms with van der Waals surface area (Å²) in [5.41, 5.74) is 1.66. The van der Waals surface area contributed by atoms with E-state index in [0.717, 1.165) is 18.4 Å². The van der Waals surface area contributed by atoms with E-state index < -0.39 is 17.7 Å². The number of benzene rings is 2. The molecule has 1 unspecified atom stereocenters. The van der Waals surface area contributed by atoms with Gasteiger partial charge in [-0.25, -0.2) is 0 Å². The zero-order valence-corrected chi connectivity index (χ0v) is 20.6. The summed E-state index contributed by atoms with van der Waals surface area (Å²) in [5.74, 6) is -0.899. The number of aryl methyl sites for hydroxylation is 1. The highest BCUT2D eigenvalue weighted by molar-refractivity contribution is 6.46. The topological polar surface area (TPSA) is 85.3 Å². The second-order valence-electron chi connectivity index (χ2n) is 8.08. The first kappa shape index (κ1) is 25.6. The van der Waals surface area contributed by atoms with Gasteiger partial charge in [0.1, 0.15) is 17.3 Å². The van der Waals surface area contributed by atoms with E-state index in [1.807, 2.05) is 6.92 Å². The first-order valence-electron chi connectivity index (χ1n) is 11.2. The SMILES string of the molecule is CCCCOc1ccc(C2/C(=C(\O)c3cc(C)cc(Cl)c3OC)C(=O)C(=O)N2CCOC)cc1. The van der Waals surface area contributed by atoms with E-state index in [1.165, 1.54) is 19.1 Å². The van der Waals surface area contributed by atoms with Crippen LogP contribution in [-0.2, 0) is 14.3 Å². The summed E-state index contributed by atoms with van der Waals surface area (Å²) >= 11 is 6.32. The highest BCUT2D eigenvalue weighted by atomic mass is 35.5. The molecule has 1 aliphatic rings. The molecule has 0 aromatic heterocycles. The number of ether oxygens (including phenoxy) is 3. The zero-order valence-electron chi connectivity index (χ0n) is 19.9. The van der Waals surface area contributed by atoms with Crippen molar-refractivity contribution in [1.82, 2.24) is 4.90 Å². The van der Waals surface area contributed by atoms with Crippen LogP contribution in [0.15, 0.2) is 42.0 Å². The molecule has 7 nitrogen and oxygen atoms in total. The Morgan fingerprint density at radius 1 is 1.12 bits per heavy atom. The molecular weight excluding hydrogens is 458 g/mol. The monoisotopic (exact) mass is 487 g/mol. The Labute approximate surface area is 204 Å². The molecule has 0 spiro atoms. The van der Waals surface area contributed by atoms with Crippen LogP contribution in [0.3, 0.4) is 0 Å². The number of carbonyl (C=O) groups excluding carboxylic acids is 2. The Hall–Kier alpha value is -3.03. The van der Waals surface area contributed by atoms with Crippen LogP contribution in [0.4, 0.5) is 0 Å². The fraction of sp³-hybridized carbons (Fsp3) is 0.385. The maximum absolute atomic E-state index is 13.1. The molecule has 2 aromatic rings. The van der Waals surface area contributed by atoms with Gasteiger partial charge in [0.05, 0.1) is 42.5 Å². The summed E-state index contributed by atoms with van der Waals surface area (Å²) in [6.07, 6.45) is 1.97. The van der Waals surface area contributed by atoms with E-state index in [0.29, 0.717) is 22.9 Å². The molecule has 8 heteroatoms. The van der Waals surface area contributed by atoms with E-state index in [2.05, 4.69) is 6.92 Å². The smallest absolute Gasteiger partial charge is 0.295 e. The summed E-state index contributed by atoms with van der Waals surface area (Å²) in [6, 6.07) is 9.75. The Kier molecular flexibility index (Phi) is 8.58. The summed E-state index contributed by atoms with van der Waals surface area (Å²) in [7, 11) is 2.95. The maximum Gasteiger partial charge on any atom is 0.295 e. The van der Waals surface area contributed by atoms with E-state index in [4.69, 9.17) is 25.8 Å². The summed E-state index contributed by atoms with van der Waals surface area (Å²) in [6.45, 7) is 4.93. The molecule has 0 aliphatic carbocycles. The van der Waals surface area contributed by atoms with E-state index in [9.17, 15) is 14.7 Å². The molecule has 1 N–H and O–H groups in total. The average molecular weight is 488 g/mol. The molecule has 0 saturated carbocycles. The first-order valence-corrected chi connectivity index (χ1v) is 11.6. The minimum atomic E-state index is -0.802. The number of nitrogens with zero attached hydrogens (tertiary/aromatic N) is 1. The summed E-state index contributed by atoms with van der Waals surface area (Å²) < 4.78 is 16.3. The van der Waals surface area contributed by atoms with Crippen molar-refractivity contribution in [3.05, 3.63) is 63.7 Å². The van der Waals surface area contributed by atoms with Gasteiger partial charge >= 0.3 is 0 Å². The zero-order chi connectivity index (χ0) is 24.8. The van der Waals surface area contributed by atoms with Crippen LogP contribution < -0.4 is 9.47 Å². The Balaban J connectivity index is 2.13. The van der Waals surface area contributed by atoms with E-state index in [-0.39, 0.29) is 35.8 Å². The number of Topliss-reactive ketones (excluding diaryl/α,β-unsaturated/α-hetero) is 1. The molecule has 0 radical (unpaired) electrons. The quantitative estimate of drug-likeness (QED) is 0.222. The van der Waals surface area contributed by atoms with Crippen molar-refractivity contribution in [3.63, 3.8) is 0 Å². The van der Waals surface area contributed by atoms with E-state index in [1.54, 1.807) is 36.4 Å². The van der Waals surface area contributed by atoms with Crippen LogP contribution in [0.5, 0.6) is 11.5 Å². The number of hydrogen-bond donors (Lipinski definition) is 1. The maximum atomic E-state index is 13.1. The van der Waals surface area contributed by atoms with Crippen LogP contribution in [0.2, 0.25) is 5.02 Å². The normalized spacial score (nSPS) is 17.3. The predicted octanol–water partition coefficient (Wildman–Crippen LogP) is 4.90. The van der Waals surface area contributed by atoms with Crippen molar-refractivity contribution >= 4 is 29.1 Å². The van der Waals surface area contributed by atoms with Crippen LogP contribution in [0.25, 0.3) is 5.76 Å². The van der Waals surface area contributed by atoms with Gasteiger partial charge in [0, 0.05) is 13.7 Å². The van der Waals surface area contributed by atoms with Crippen LogP contribution in [-0.4, -0.2) is 55.7 Å². The number of unbranched alkanes of at least 4 members (excludes halogenated alkanes) is 1. The lowest BCUT2D eigenvalue weighted by atomic mass is 9.94. The van der Waals surface area contributed by atoms with E-state index >= 15 is 0 Å². The molecule has 3 rings (SSSR count). The van der Waals surface area contributed by atoms with Crippen LogP contribution >= 0.6 is 11.6 Å². The summed E-state index contributed by atoms with van der Waals surface area (Å²) in [4.78, 5) is 27.5. The number of aliphatic hydroxyl groups excluding tert-OH is 1. The lowest BCUT2D eigenvalue weighted by molar-refractivity contribution is -0.140. The molecule has 1 fully saturated rings. The number of halogens is 1. The van der Waals surface area contributed by atoms with Gasteiger partial charge in [0.25, 0.3) is 11.7 Å². The average Bonchev–Trinajstić information content (AvgIpc) is 3.07. The van der Waals surface area contributed by atoms with Crippen molar-refractivity contribution in [2.75, 3.05) is 34.0 Å². The van der Waals surface area contributed by atoms with Gasteiger partial charge in [-0.2, -0.15) is 0 Å². The number of ketones is 1. The molecule has 1 saturated heterocycles. The Morgan fingerprint density at radius 2 is 1.82 bits per heavy atom. The molecule has 1 aliphatic heterocycles. The number of aliphatic hydroxyl groups is 1. The molecule has 0 bridgehead atoms. The molecule has 2 aromatic carbocycles. The largest absolute Gasteiger partial charge is 0.507 e. The third-order valence-electron chi connectivity index (χ3n) is 5.69. The highest BCUT2D eigenvalue weighted by Crippen LogP contribution is 2.42. The van der Waals surface area contributed by atoms with Crippen molar-refractivity contribution in [2.24, 2.45) is 0 Å². The van der Waals surface area contributed by atoms with Crippen molar-refractivity contribution in [3.8, 4) is 11.5 Å². The number of hydrogen-bond acceptors (Lipinski definition) is 6. The number of amides is 1. The molecule has 1 amide bonds. The lowest BCUT2D eigenvalue weighted by Crippen LogP contribution is -2.32. The standard InChI is InChI=1S/C26H30ClNO6/c1-5-6-12-34-18-9-7-17(8-10-18)22-21(24(30)26(31)28(22)11-13-32-3)23(29)19-14-16(2)15-20(27)25(19)33-4/h7-10,14-15,22,29H,5-6,11-13H2,1-4H3/b23-21+. The second kappa shape index (κ2) is 11.4. The molecular formula is C26H30ClNO6. The molecule has 34 heavy (non-hydrogen) atoms. The number of rotatable bonds is 10. The highest BCUT2D eigenvalue weighted by Gasteiger charge is 2.46. The van der Waals surface area contributed by atoms with Gasteiger partial charge in [-0.1, -0.05) is 37.1 Å². The Morgan fingerprint density at radius 3 is 2.44 bits per heavy atom. The second-order valence-corrected chi connectivity index (χ2v) is 8.49.